The molecular formula is C18H21N5O6S. The number of carbonyl (C=O) groups excluding carboxylic acids is 1. The molecule has 1 fully saturated rings. The number of nitrogens with zero attached hydrogens (tertiary/aromatic N) is 4. The Kier molecular flexibility index (Phi) is 6.17. The molecule has 0 radical (unpaired) electrons. The second-order valence-electron chi connectivity index (χ2n) is 6.97. The lowest BCUT2D eigenvalue weighted by atomic mass is 10.1. The summed E-state index contributed by atoms with van der Waals surface area (Å²) < 4.78 is 25.4. The molecule has 0 amide bonds. The summed E-state index contributed by atoms with van der Waals surface area (Å²) in [5.41, 5.74) is 0.970. The molecule has 12 heteroatoms. The minimum absolute atomic E-state index is 0.113. The van der Waals surface area contributed by atoms with Gasteiger partial charge in [0, 0.05) is 37.4 Å². The molecule has 1 aromatic carbocycles. The number of hydrogen-bond acceptors (Lipinski definition) is 8. The molecule has 3 rings (SSSR count). The van der Waals surface area contributed by atoms with Gasteiger partial charge in [0.2, 0.25) is 16.2 Å². The van der Waals surface area contributed by atoms with E-state index in [-0.39, 0.29) is 23.7 Å². The Morgan fingerprint density at radius 3 is 2.37 bits per heavy atom. The van der Waals surface area contributed by atoms with E-state index in [1.165, 1.54) is 24.4 Å². The van der Waals surface area contributed by atoms with E-state index >= 15 is 0 Å². The Morgan fingerprint density at radius 2 is 1.80 bits per heavy atom. The third kappa shape index (κ3) is 5.42. The number of rotatable bonds is 7. The van der Waals surface area contributed by atoms with Crippen molar-refractivity contribution < 1.29 is 22.9 Å². The summed E-state index contributed by atoms with van der Waals surface area (Å²) in [4.78, 5) is 26.9. The molecule has 1 aliphatic heterocycles. The van der Waals surface area contributed by atoms with Crippen molar-refractivity contribution in [2.24, 2.45) is 0 Å². The average molecular weight is 435 g/mol. The predicted octanol–water partition coefficient (Wildman–Crippen LogP) is 0.605. The molecule has 0 unspecified atom stereocenters. The van der Waals surface area contributed by atoms with Crippen molar-refractivity contribution in [3.05, 3.63) is 63.6 Å². The normalized spacial score (nSPS) is 15.0. The van der Waals surface area contributed by atoms with Crippen molar-refractivity contribution in [2.75, 3.05) is 48.6 Å². The van der Waals surface area contributed by atoms with Gasteiger partial charge in [-0.15, -0.1) is 0 Å². The highest BCUT2D eigenvalue weighted by molar-refractivity contribution is 7.92. The molecule has 1 aliphatic rings. The van der Waals surface area contributed by atoms with Crippen LogP contribution in [-0.2, 0) is 10.0 Å². The molecule has 160 valence electrons. The zero-order valence-electron chi connectivity index (χ0n) is 16.2. The quantitative estimate of drug-likeness (QED) is 0.219. The van der Waals surface area contributed by atoms with Gasteiger partial charge >= 0.3 is 5.69 Å². The van der Waals surface area contributed by atoms with Gasteiger partial charge in [0.25, 0.3) is 0 Å². The van der Waals surface area contributed by atoms with Crippen LogP contribution in [0.25, 0.3) is 0 Å². The number of pyridine rings is 1. The lowest BCUT2D eigenvalue weighted by Crippen LogP contribution is -2.48. The molecule has 0 saturated carbocycles. The Balaban J connectivity index is 1.59. The van der Waals surface area contributed by atoms with Gasteiger partial charge in [0.1, 0.15) is 0 Å². The van der Waals surface area contributed by atoms with Crippen LogP contribution in [0.4, 0.5) is 17.1 Å². The van der Waals surface area contributed by atoms with Gasteiger partial charge < -0.3 is 10.1 Å². The molecule has 11 nitrogen and oxygen atoms in total. The predicted molar refractivity (Wildman–Crippen MR) is 110 cm³/mol. The SMILES string of the molecule is CS(=O)(=O)Nc1ccc(C(=O)CN2CCN(c3c[n+]([O-])ccc3[N+](=O)[O-])CC2)cc1. The van der Waals surface area contributed by atoms with Gasteiger partial charge in [-0.1, -0.05) is 0 Å². The zero-order valence-corrected chi connectivity index (χ0v) is 17.0. The molecule has 0 bridgehead atoms. The van der Waals surface area contributed by atoms with Crippen molar-refractivity contribution in [3.8, 4) is 0 Å². The number of sulfonamides is 1. The Bertz CT molecular complexity index is 1050. The van der Waals surface area contributed by atoms with Gasteiger partial charge in [-0.05, 0) is 24.3 Å². The zero-order chi connectivity index (χ0) is 21.9. The summed E-state index contributed by atoms with van der Waals surface area (Å²) in [5, 5.41) is 22.8. The van der Waals surface area contributed by atoms with E-state index in [1.54, 1.807) is 17.0 Å². The Labute approximate surface area is 173 Å². The third-order valence-corrected chi connectivity index (χ3v) is 5.28. The van der Waals surface area contributed by atoms with Gasteiger partial charge in [0.15, 0.2) is 17.7 Å². The fraction of sp³-hybridized carbons (Fsp3) is 0.333. The number of Topliss-reactive ketones (excluding diaryl/α,β-unsaturated/α-hetero) is 1. The van der Waals surface area contributed by atoms with E-state index in [4.69, 9.17) is 0 Å². The summed E-state index contributed by atoms with van der Waals surface area (Å²) in [6.45, 7) is 2.06. The second kappa shape index (κ2) is 8.63. The van der Waals surface area contributed by atoms with Gasteiger partial charge in [0.05, 0.1) is 23.8 Å². The third-order valence-electron chi connectivity index (χ3n) is 4.68. The summed E-state index contributed by atoms with van der Waals surface area (Å²) in [6.07, 6.45) is 3.32. The highest BCUT2D eigenvalue weighted by atomic mass is 32.2. The topological polar surface area (TPSA) is 140 Å². The molecular weight excluding hydrogens is 414 g/mol. The van der Waals surface area contributed by atoms with Crippen molar-refractivity contribution in [1.29, 1.82) is 0 Å². The molecule has 1 saturated heterocycles. The summed E-state index contributed by atoms with van der Waals surface area (Å²) in [7, 11) is -3.38. The summed E-state index contributed by atoms with van der Waals surface area (Å²) in [6, 6.07) is 7.36. The van der Waals surface area contributed by atoms with E-state index < -0.39 is 14.9 Å². The highest BCUT2D eigenvalue weighted by Gasteiger charge is 2.27. The first-order valence-corrected chi connectivity index (χ1v) is 11.0. The minimum Gasteiger partial charge on any atom is -0.619 e. The van der Waals surface area contributed by atoms with Crippen LogP contribution in [0.3, 0.4) is 0 Å². The van der Waals surface area contributed by atoms with Crippen molar-refractivity contribution in [3.63, 3.8) is 0 Å². The first-order chi connectivity index (χ1) is 14.1. The van der Waals surface area contributed by atoms with E-state index in [9.17, 15) is 28.5 Å². The maximum atomic E-state index is 12.5. The maximum Gasteiger partial charge on any atom is 0.304 e. The number of nitro groups is 1. The van der Waals surface area contributed by atoms with Gasteiger partial charge in [-0.25, -0.2) is 8.42 Å². The first-order valence-electron chi connectivity index (χ1n) is 9.08. The standard InChI is InChI=1S/C18H21N5O6S/c1-30(28,29)19-15-4-2-14(3-5-15)18(24)13-20-8-10-21(11-9-20)17-12-22(25)7-6-16(17)23(26)27/h2-7,12,19H,8-11,13H2,1H3. The van der Waals surface area contributed by atoms with Crippen LogP contribution in [0, 0.1) is 15.3 Å². The number of aromatic nitrogens is 1. The molecule has 2 heterocycles. The van der Waals surface area contributed by atoms with Crippen LogP contribution in [0.2, 0.25) is 0 Å². The smallest absolute Gasteiger partial charge is 0.304 e. The van der Waals surface area contributed by atoms with Gasteiger partial charge in [-0.3, -0.25) is 24.5 Å². The number of hydrogen-bond donors (Lipinski definition) is 1. The van der Waals surface area contributed by atoms with Crippen LogP contribution >= 0.6 is 0 Å². The lowest BCUT2D eigenvalue weighted by molar-refractivity contribution is -0.605. The van der Waals surface area contributed by atoms with E-state index in [2.05, 4.69) is 4.72 Å². The lowest BCUT2D eigenvalue weighted by Gasteiger charge is -2.34. The number of anilines is 2. The van der Waals surface area contributed by atoms with Crippen LogP contribution in [0.1, 0.15) is 10.4 Å². The van der Waals surface area contributed by atoms with E-state index in [0.29, 0.717) is 42.2 Å². The van der Waals surface area contributed by atoms with Crippen molar-refractivity contribution in [1.82, 2.24) is 4.90 Å². The second-order valence-corrected chi connectivity index (χ2v) is 8.72. The largest absolute Gasteiger partial charge is 0.619 e. The molecule has 30 heavy (non-hydrogen) atoms. The van der Waals surface area contributed by atoms with E-state index in [1.807, 2.05) is 4.90 Å². The van der Waals surface area contributed by atoms with Gasteiger partial charge in [-0.2, -0.15) is 4.73 Å². The Morgan fingerprint density at radius 1 is 1.17 bits per heavy atom. The van der Waals surface area contributed by atoms with Crippen molar-refractivity contribution in [2.45, 2.75) is 0 Å². The average Bonchev–Trinajstić information content (AvgIpc) is 2.67. The summed E-state index contributed by atoms with van der Waals surface area (Å²) >= 11 is 0. The minimum atomic E-state index is -3.38. The molecule has 2 aromatic rings. The van der Waals surface area contributed by atoms with Crippen LogP contribution < -0.4 is 14.4 Å². The molecule has 1 N–H and O–H groups in total. The van der Waals surface area contributed by atoms with E-state index in [0.717, 1.165) is 12.5 Å². The molecule has 0 atom stereocenters. The summed E-state index contributed by atoms with van der Waals surface area (Å²) in [5.74, 6) is -0.113. The number of piperazine rings is 1. The molecule has 1 aromatic heterocycles. The Hall–Kier alpha value is -3.25. The maximum absolute atomic E-state index is 12.5. The van der Waals surface area contributed by atoms with Crippen molar-refractivity contribution >= 4 is 32.9 Å². The molecule has 0 spiro atoms. The van der Waals surface area contributed by atoms with Crippen LogP contribution in [0.5, 0.6) is 0 Å². The highest BCUT2D eigenvalue weighted by Crippen LogP contribution is 2.26. The van der Waals surface area contributed by atoms with Crippen LogP contribution in [0.15, 0.2) is 42.7 Å². The number of ketones is 1. The number of benzene rings is 1. The first kappa shape index (κ1) is 21.5. The van der Waals surface area contributed by atoms with Crippen LogP contribution in [-0.4, -0.2) is 63.0 Å². The number of nitrogens with one attached hydrogen (secondary N) is 1. The number of carbonyl (C=O) groups is 1. The molecule has 0 aliphatic carbocycles. The fourth-order valence-corrected chi connectivity index (χ4v) is 3.80. The monoisotopic (exact) mass is 435 g/mol. The fourth-order valence-electron chi connectivity index (χ4n) is 3.24.